The van der Waals surface area contributed by atoms with E-state index in [0.29, 0.717) is 0 Å². The van der Waals surface area contributed by atoms with Gasteiger partial charge in [0, 0.05) is 24.7 Å². The lowest BCUT2D eigenvalue weighted by molar-refractivity contribution is 0.0976. The van der Waals surface area contributed by atoms with Crippen molar-refractivity contribution in [3.63, 3.8) is 0 Å². The summed E-state index contributed by atoms with van der Waals surface area (Å²) in [6.07, 6.45) is 6.66. The lowest BCUT2D eigenvalue weighted by atomic mass is 9.97. The largest absolute Gasteiger partial charge is 0.329 e. The first-order valence-electron chi connectivity index (χ1n) is 7.66. The van der Waals surface area contributed by atoms with Crippen LogP contribution in [-0.2, 0) is 0 Å². The molecule has 1 aliphatic heterocycles. The second-order valence-corrected chi connectivity index (χ2v) is 6.42. The van der Waals surface area contributed by atoms with E-state index in [1.54, 1.807) is 0 Å². The molecule has 0 aromatic rings. The molecule has 1 atom stereocenters. The maximum atomic E-state index is 5.92. The van der Waals surface area contributed by atoms with Gasteiger partial charge in [0.2, 0.25) is 0 Å². The van der Waals surface area contributed by atoms with E-state index >= 15 is 0 Å². The van der Waals surface area contributed by atoms with E-state index < -0.39 is 0 Å². The fraction of sp³-hybridized carbons (Fsp3) is 1.00. The molecule has 0 amide bonds. The zero-order valence-electron chi connectivity index (χ0n) is 12.9. The smallest absolute Gasteiger partial charge is 0.0275 e. The molecule has 0 aromatic heterocycles. The first kappa shape index (κ1) is 15.9. The Balaban J connectivity index is 2.46. The highest BCUT2D eigenvalue weighted by atomic mass is 15.2. The van der Waals surface area contributed by atoms with Crippen LogP contribution in [0, 0.1) is 0 Å². The number of rotatable bonds is 7. The molecule has 1 unspecified atom stereocenters. The summed E-state index contributed by atoms with van der Waals surface area (Å²) in [5.74, 6) is 0. The molecule has 18 heavy (non-hydrogen) atoms. The summed E-state index contributed by atoms with van der Waals surface area (Å²) < 4.78 is 0. The minimum atomic E-state index is 0.142. The number of hydrogen-bond donors (Lipinski definition) is 1. The van der Waals surface area contributed by atoms with Gasteiger partial charge in [-0.25, -0.2) is 0 Å². The van der Waals surface area contributed by atoms with Crippen molar-refractivity contribution in [2.75, 3.05) is 33.2 Å². The van der Waals surface area contributed by atoms with Crippen LogP contribution in [0.15, 0.2) is 0 Å². The fourth-order valence-electron chi connectivity index (χ4n) is 2.93. The molecule has 108 valence electrons. The molecular formula is C15H33N3. The van der Waals surface area contributed by atoms with Crippen LogP contribution in [-0.4, -0.2) is 54.6 Å². The summed E-state index contributed by atoms with van der Waals surface area (Å²) in [6.45, 7) is 11.2. The molecule has 1 saturated heterocycles. The van der Waals surface area contributed by atoms with Gasteiger partial charge in [-0.1, -0.05) is 13.3 Å². The maximum absolute atomic E-state index is 5.92. The SMILES string of the molecule is CCCN(CCC1CCCCN1C)C(C)(C)CN. The first-order valence-corrected chi connectivity index (χ1v) is 7.66. The van der Waals surface area contributed by atoms with Gasteiger partial charge in [0.15, 0.2) is 0 Å². The second-order valence-electron chi connectivity index (χ2n) is 6.42. The monoisotopic (exact) mass is 255 g/mol. The standard InChI is InChI=1S/C15H33N3/c1-5-10-18(15(2,3)13-16)12-9-14-8-6-7-11-17(14)4/h14H,5-13,16H2,1-4H3. The van der Waals surface area contributed by atoms with Crippen molar-refractivity contribution in [3.8, 4) is 0 Å². The lowest BCUT2D eigenvalue weighted by Crippen LogP contribution is -2.51. The quantitative estimate of drug-likeness (QED) is 0.758. The van der Waals surface area contributed by atoms with Crippen LogP contribution in [0.4, 0.5) is 0 Å². The number of hydrogen-bond acceptors (Lipinski definition) is 3. The van der Waals surface area contributed by atoms with Crippen molar-refractivity contribution in [3.05, 3.63) is 0 Å². The minimum Gasteiger partial charge on any atom is -0.329 e. The summed E-state index contributed by atoms with van der Waals surface area (Å²) in [6, 6.07) is 0.784. The molecule has 0 bridgehead atoms. The van der Waals surface area contributed by atoms with Crippen LogP contribution in [0.1, 0.15) is 52.9 Å². The Hall–Kier alpha value is -0.120. The van der Waals surface area contributed by atoms with Crippen LogP contribution < -0.4 is 5.73 Å². The van der Waals surface area contributed by atoms with E-state index in [4.69, 9.17) is 5.73 Å². The molecule has 0 spiro atoms. The first-order chi connectivity index (χ1) is 8.51. The third kappa shape index (κ3) is 4.52. The Labute approximate surface area is 114 Å². The molecular weight excluding hydrogens is 222 g/mol. The van der Waals surface area contributed by atoms with Crippen molar-refractivity contribution in [2.24, 2.45) is 5.73 Å². The average Bonchev–Trinajstić information content (AvgIpc) is 2.36. The highest BCUT2D eigenvalue weighted by molar-refractivity contribution is 4.84. The molecule has 0 aliphatic carbocycles. The summed E-state index contributed by atoms with van der Waals surface area (Å²) in [5, 5.41) is 0. The van der Waals surface area contributed by atoms with Gasteiger partial charge in [0.1, 0.15) is 0 Å². The highest BCUT2D eigenvalue weighted by Gasteiger charge is 2.26. The summed E-state index contributed by atoms with van der Waals surface area (Å²) >= 11 is 0. The van der Waals surface area contributed by atoms with Crippen LogP contribution in [0.3, 0.4) is 0 Å². The summed E-state index contributed by atoms with van der Waals surface area (Å²) in [5.41, 5.74) is 6.06. The Bertz CT molecular complexity index is 228. The van der Waals surface area contributed by atoms with Gasteiger partial charge in [-0.15, -0.1) is 0 Å². The Morgan fingerprint density at radius 1 is 1.28 bits per heavy atom. The van der Waals surface area contributed by atoms with Gasteiger partial charge in [-0.2, -0.15) is 0 Å². The number of piperidine rings is 1. The molecule has 1 fully saturated rings. The van der Waals surface area contributed by atoms with Crippen LogP contribution in [0.2, 0.25) is 0 Å². The van der Waals surface area contributed by atoms with E-state index in [2.05, 4.69) is 37.6 Å². The van der Waals surface area contributed by atoms with Crippen molar-refractivity contribution in [1.29, 1.82) is 0 Å². The van der Waals surface area contributed by atoms with Crippen molar-refractivity contribution in [2.45, 2.75) is 64.5 Å². The average molecular weight is 255 g/mol. The number of nitrogens with two attached hydrogens (primary N) is 1. The molecule has 0 radical (unpaired) electrons. The molecule has 1 aliphatic rings. The third-order valence-corrected chi connectivity index (χ3v) is 4.50. The van der Waals surface area contributed by atoms with Gasteiger partial charge in [0.25, 0.3) is 0 Å². The Morgan fingerprint density at radius 2 is 2.00 bits per heavy atom. The number of likely N-dealkylation sites (tertiary alicyclic amines) is 1. The molecule has 3 nitrogen and oxygen atoms in total. The van der Waals surface area contributed by atoms with Gasteiger partial charge < -0.3 is 10.6 Å². The van der Waals surface area contributed by atoms with Crippen LogP contribution >= 0.6 is 0 Å². The molecule has 0 aromatic carbocycles. The summed E-state index contributed by atoms with van der Waals surface area (Å²) in [4.78, 5) is 5.12. The molecule has 3 heteroatoms. The van der Waals surface area contributed by atoms with Crippen molar-refractivity contribution in [1.82, 2.24) is 9.80 Å². The predicted molar refractivity (Wildman–Crippen MR) is 79.9 cm³/mol. The topological polar surface area (TPSA) is 32.5 Å². The molecule has 1 heterocycles. The van der Waals surface area contributed by atoms with Crippen molar-refractivity contribution >= 4 is 0 Å². The molecule has 1 rings (SSSR count). The van der Waals surface area contributed by atoms with Gasteiger partial charge in [-0.3, -0.25) is 4.90 Å². The highest BCUT2D eigenvalue weighted by Crippen LogP contribution is 2.20. The van der Waals surface area contributed by atoms with E-state index in [1.807, 2.05) is 0 Å². The maximum Gasteiger partial charge on any atom is 0.0275 e. The predicted octanol–water partition coefficient (Wildman–Crippen LogP) is 2.31. The zero-order valence-corrected chi connectivity index (χ0v) is 12.9. The van der Waals surface area contributed by atoms with Crippen molar-refractivity contribution < 1.29 is 0 Å². The molecule has 0 saturated carbocycles. The fourth-order valence-corrected chi connectivity index (χ4v) is 2.93. The second kappa shape index (κ2) is 7.46. The van der Waals surface area contributed by atoms with Gasteiger partial charge in [0.05, 0.1) is 0 Å². The Morgan fingerprint density at radius 3 is 2.56 bits per heavy atom. The number of nitrogens with zero attached hydrogens (tertiary/aromatic N) is 2. The van der Waals surface area contributed by atoms with Crippen LogP contribution in [0.5, 0.6) is 0 Å². The molecule has 2 N–H and O–H groups in total. The zero-order chi connectivity index (χ0) is 13.6. The van der Waals surface area contributed by atoms with Gasteiger partial charge in [-0.05, 0) is 59.7 Å². The van der Waals surface area contributed by atoms with E-state index in [0.717, 1.165) is 12.6 Å². The van der Waals surface area contributed by atoms with E-state index in [9.17, 15) is 0 Å². The van der Waals surface area contributed by atoms with E-state index in [1.165, 1.54) is 51.7 Å². The summed E-state index contributed by atoms with van der Waals surface area (Å²) in [7, 11) is 2.28. The normalized spacial score (nSPS) is 22.7. The third-order valence-electron chi connectivity index (χ3n) is 4.50. The van der Waals surface area contributed by atoms with Crippen LogP contribution in [0.25, 0.3) is 0 Å². The lowest BCUT2D eigenvalue weighted by Gasteiger charge is -2.40. The van der Waals surface area contributed by atoms with E-state index in [-0.39, 0.29) is 5.54 Å². The Kier molecular flexibility index (Phi) is 6.61. The minimum absolute atomic E-state index is 0.142. The van der Waals surface area contributed by atoms with Gasteiger partial charge >= 0.3 is 0 Å².